The van der Waals surface area contributed by atoms with Crippen LogP contribution in [-0.4, -0.2) is 56.1 Å². The fourth-order valence-corrected chi connectivity index (χ4v) is 9.65. The summed E-state index contributed by atoms with van der Waals surface area (Å²) in [6.45, 7) is 14.4. The third-order valence-corrected chi connectivity index (χ3v) is 11.7. The fourth-order valence-electron chi connectivity index (χ4n) is 9.65. The number of furan rings is 1. The van der Waals surface area contributed by atoms with Gasteiger partial charge in [0.25, 0.3) is 5.91 Å². The Morgan fingerprint density at radius 2 is 1.71 bits per heavy atom. The van der Waals surface area contributed by atoms with Gasteiger partial charge in [-0.05, 0) is 62.0 Å². The van der Waals surface area contributed by atoms with Gasteiger partial charge in [0.2, 0.25) is 0 Å². The molecule has 7 rings (SSSR count). The first kappa shape index (κ1) is 33.9. The first-order chi connectivity index (χ1) is 22.6. The topological polar surface area (TPSA) is 121 Å². The van der Waals surface area contributed by atoms with Gasteiger partial charge in [-0.1, -0.05) is 58.4 Å². The third-order valence-electron chi connectivity index (χ3n) is 11.7. The molecule has 5 aliphatic rings. The highest BCUT2D eigenvalue weighted by molar-refractivity contribution is 6.00. The summed E-state index contributed by atoms with van der Waals surface area (Å²) in [6.07, 6.45) is 4.09. The van der Waals surface area contributed by atoms with Crippen molar-refractivity contribution < 1.29 is 37.8 Å². The van der Waals surface area contributed by atoms with Crippen LogP contribution in [0.4, 0.5) is 0 Å². The SMILES string of the molecule is CC(C)C.CNC(=O)c1ccc(-c2occc2[C@@H]2C[C@H]3O[C@@H]4[C@@H]5OC(=O)[C@]6(C)C=CC(=O)[C@@](C)(C56)[C@@H](CC(=O)OC)[C@]4(C)C3=C2C)cc1. The van der Waals surface area contributed by atoms with Gasteiger partial charge in [0, 0.05) is 46.4 Å². The van der Waals surface area contributed by atoms with Crippen molar-refractivity contribution in [2.45, 2.75) is 85.5 Å². The molecule has 1 N–H and O–H groups in total. The van der Waals surface area contributed by atoms with Crippen LogP contribution in [0.5, 0.6) is 0 Å². The maximum atomic E-state index is 13.9. The highest BCUT2D eigenvalue weighted by Gasteiger charge is 2.77. The Hall–Kier alpha value is -3.98. The summed E-state index contributed by atoms with van der Waals surface area (Å²) in [4.78, 5) is 52.4. The van der Waals surface area contributed by atoms with Gasteiger partial charge in [-0.15, -0.1) is 0 Å². The lowest BCUT2D eigenvalue weighted by atomic mass is 9.42. The second-order valence-electron chi connectivity index (χ2n) is 15.2. The van der Waals surface area contributed by atoms with Gasteiger partial charge in [-0.3, -0.25) is 19.2 Å². The monoisotopic (exact) mass is 657 g/mol. The zero-order chi connectivity index (χ0) is 34.9. The average Bonchev–Trinajstić information content (AvgIpc) is 3.79. The molecule has 2 aromatic rings. The molecule has 2 aliphatic heterocycles. The van der Waals surface area contributed by atoms with Gasteiger partial charge in [0.15, 0.2) is 5.78 Å². The van der Waals surface area contributed by atoms with E-state index in [1.165, 1.54) is 13.2 Å². The molecule has 9 heteroatoms. The van der Waals surface area contributed by atoms with Gasteiger partial charge in [-0.25, -0.2) is 0 Å². The molecule has 2 saturated heterocycles. The normalized spacial score (nSPS) is 35.8. The number of hydrogen-bond donors (Lipinski definition) is 1. The minimum Gasteiger partial charge on any atom is -0.469 e. The van der Waals surface area contributed by atoms with Crippen molar-refractivity contribution >= 4 is 23.6 Å². The Bertz CT molecular complexity index is 1710. The predicted molar refractivity (Wildman–Crippen MR) is 179 cm³/mol. The Morgan fingerprint density at radius 3 is 2.33 bits per heavy atom. The molecule has 1 aromatic carbocycles. The Kier molecular flexibility index (Phi) is 8.38. The number of amides is 1. The van der Waals surface area contributed by atoms with Crippen molar-refractivity contribution in [1.82, 2.24) is 5.32 Å². The predicted octanol–water partition coefficient (Wildman–Crippen LogP) is 6.43. The Labute approximate surface area is 282 Å². The molecule has 1 aromatic heterocycles. The molecule has 1 amide bonds. The molecule has 3 fully saturated rings. The molecule has 0 radical (unpaired) electrons. The second kappa shape index (κ2) is 11.9. The number of allylic oxidation sites excluding steroid dienone is 2. The summed E-state index contributed by atoms with van der Waals surface area (Å²) >= 11 is 0. The van der Waals surface area contributed by atoms with Gasteiger partial charge in [0.1, 0.15) is 18.0 Å². The molecule has 0 spiro atoms. The summed E-state index contributed by atoms with van der Waals surface area (Å²) in [6, 6.07) is 9.27. The van der Waals surface area contributed by atoms with Crippen LogP contribution in [0.3, 0.4) is 0 Å². The van der Waals surface area contributed by atoms with E-state index < -0.39 is 46.3 Å². The van der Waals surface area contributed by atoms with Crippen LogP contribution in [0.2, 0.25) is 0 Å². The highest BCUT2D eigenvalue weighted by Crippen LogP contribution is 2.72. The number of nitrogens with one attached hydrogen (secondary N) is 1. The molecule has 9 nitrogen and oxygen atoms in total. The largest absolute Gasteiger partial charge is 0.469 e. The average molecular weight is 658 g/mol. The van der Waals surface area contributed by atoms with Crippen molar-refractivity contribution in [2.75, 3.05) is 14.2 Å². The van der Waals surface area contributed by atoms with E-state index in [2.05, 4.69) is 39.9 Å². The lowest BCUT2D eigenvalue weighted by Gasteiger charge is -2.59. The first-order valence-corrected chi connectivity index (χ1v) is 16.9. The van der Waals surface area contributed by atoms with Gasteiger partial charge in [0.05, 0.1) is 31.3 Å². The van der Waals surface area contributed by atoms with Crippen molar-refractivity contribution in [2.24, 2.45) is 34.0 Å². The minimum absolute atomic E-state index is 0.0131. The number of ether oxygens (including phenoxy) is 3. The van der Waals surface area contributed by atoms with Crippen LogP contribution in [0, 0.1) is 34.0 Å². The molecule has 0 bridgehead atoms. The van der Waals surface area contributed by atoms with Crippen LogP contribution in [0.15, 0.2) is 64.3 Å². The van der Waals surface area contributed by atoms with E-state index in [1.807, 2.05) is 32.0 Å². The van der Waals surface area contributed by atoms with Crippen molar-refractivity contribution in [1.29, 1.82) is 0 Å². The number of carbonyl (C=O) groups excluding carboxylic acids is 4. The van der Waals surface area contributed by atoms with E-state index in [1.54, 1.807) is 31.5 Å². The number of esters is 2. The van der Waals surface area contributed by atoms with Crippen LogP contribution >= 0.6 is 0 Å². The quantitative estimate of drug-likeness (QED) is 0.289. The van der Waals surface area contributed by atoms with Crippen molar-refractivity contribution in [3.8, 4) is 11.3 Å². The molecule has 1 unspecified atom stereocenters. The van der Waals surface area contributed by atoms with E-state index in [0.717, 1.165) is 34.0 Å². The summed E-state index contributed by atoms with van der Waals surface area (Å²) in [5, 5.41) is 2.64. The van der Waals surface area contributed by atoms with Gasteiger partial charge >= 0.3 is 11.9 Å². The van der Waals surface area contributed by atoms with Gasteiger partial charge in [-0.2, -0.15) is 0 Å². The maximum absolute atomic E-state index is 13.9. The number of carbonyl (C=O) groups is 4. The minimum atomic E-state index is -1.06. The molecule has 3 heterocycles. The number of ketones is 1. The number of hydrogen-bond acceptors (Lipinski definition) is 8. The smallest absolute Gasteiger partial charge is 0.316 e. The molecular weight excluding hydrogens is 610 g/mol. The number of rotatable bonds is 5. The van der Waals surface area contributed by atoms with E-state index in [0.29, 0.717) is 12.0 Å². The van der Waals surface area contributed by atoms with Crippen molar-refractivity contribution in [3.63, 3.8) is 0 Å². The summed E-state index contributed by atoms with van der Waals surface area (Å²) in [5.41, 5.74) is 1.75. The fraction of sp³-hybridized carbons (Fsp3) is 0.538. The molecule has 1 saturated carbocycles. The number of methoxy groups -OCH3 is 1. The second-order valence-corrected chi connectivity index (χ2v) is 15.2. The lowest BCUT2D eigenvalue weighted by molar-refractivity contribution is -0.190. The van der Waals surface area contributed by atoms with Crippen LogP contribution in [-0.2, 0) is 28.6 Å². The molecule has 9 atom stereocenters. The number of fused-ring (bicyclic) bond motifs is 4. The molecular formula is C39H47NO8. The van der Waals surface area contributed by atoms with Crippen LogP contribution < -0.4 is 5.32 Å². The van der Waals surface area contributed by atoms with Crippen molar-refractivity contribution in [3.05, 3.63) is 71.0 Å². The molecule has 48 heavy (non-hydrogen) atoms. The Morgan fingerprint density at radius 1 is 1.04 bits per heavy atom. The van der Waals surface area contributed by atoms with E-state index >= 15 is 0 Å². The standard InChI is InChI=1S/C35H37NO8.C4H10/c1-17-21(20-12-14-42-27(20)18-7-9-19(10-8-18)31(39)36-5)15-22-26(17)35(4)23(16-25(38)41-6)34(3)24(37)11-13-33(2)29(34)28(30(35)43-22)44-32(33)40;1-4(2)3/h7-14,21-23,28-30H,15-16H2,1-6H3,(H,36,39);4H,1-3H3/t21-,22-,23-,28-,29?,30-,33-,34+,35-;/m1./s1. The van der Waals surface area contributed by atoms with E-state index in [4.69, 9.17) is 18.6 Å². The summed E-state index contributed by atoms with van der Waals surface area (Å²) in [7, 11) is 2.96. The van der Waals surface area contributed by atoms with E-state index in [9.17, 15) is 19.2 Å². The van der Waals surface area contributed by atoms with E-state index in [-0.39, 0.29) is 36.1 Å². The van der Waals surface area contributed by atoms with Crippen LogP contribution in [0.25, 0.3) is 11.3 Å². The van der Waals surface area contributed by atoms with Gasteiger partial charge < -0.3 is 23.9 Å². The van der Waals surface area contributed by atoms with Crippen LogP contribution in [0.1, 0.15) is 83.1 Å². The third kappa shape index (κ3) is 4.75. The maximum Gasteiger partial charge on any atom is 0.316 e. The molecule has 256 valence electrons. The molecule has 3 aliphatic carbocycles. The first-order valence-electron chi connectivity index (χ1n) is 16.9. The lowest BCUT2D eigenvalue weighted by Crippen LogP contribution is -2.66. The highest BCUT2D eigenvalue weighted by atomic mass is 16.6. The Balaban J connectivity index is 0.000000952. The summed E-state index contributed by atoms with van der Waals surface area (Å²) in [5.74, 6) is -0.485. The summed E-state index contributed by atoms with van der Waals surface area (Å²) < 4.78 is 24.2. The number of benzene rings is 1. The zero-order valence-electron chi connectivity index (χ0n) is 29.3. The zero-order valence-corrected chi connectivity index (χ0v) is 29.3.